The molecule has 1 atom stereocenters. The largest absolute Gasteiger partial charge is 0.355 e. The van der Waals surface area contributed by atoms with Gasteiger partial charge in [-0.15, -0.1) is 0 Å². The zero-order valence-electron chi connectivity index (χ0n) is 20.6. The van der Waals surface area contributed by atoms with Crippen LogP contribution in [0.25, 0.3) is 0 Å². The van der Waals surface area contributed by atoms with E-state index >= 15 is 0 Å². The third-order valence-electron chi connectivity index (χ3n) is 5.71. The number of hydrogen-bond donors (Lipinski definition) is 1. The van der Waals surface area contributed by atoms with Crippen molar-refractivity contribution < 1.29 is 18.0 Å². The third kappa shape index (κ3) is 7.95. The number of hydrogen-bond acceptors (Lipinski definition) is 4. The number of anilines is 1. The lowest BCUT2D eigenvalue weighted by atomic mass is 10.0. The van der Waals surface area contributed by atoms with Gasteiger partial charge in [0.1, 0.15) is 12.6 Å². The van der Waals surface area contributed by atoms with E-state index in [4.69, 9.17) is 23.2 Å². The summed E-state index contributed by atoms with van der Waals surface area (Å²) in [7, 11) is -3.84. The first-order valence-electron chi connectivity index (χ1n) is 11.7. The Morgan fingerprint density at radius 2 is 1.54 bits per heavy atom. The van der Waals surface area contributed by atoms with E-state index in [1.54, 1.807) is 43.3 Å². The summed E-state index contributed by atoms with van der Waals surface area (Å²) in [5.74, 6) is -0.892. The molecule has 0 radical (unpaired) electrons. The fourth-order valence-electron chi connectivity index (χ4n) is 3.88. The van der Waals surface area contributed by atoms with E-state index in [-0.39, 0.29) is 24.6 Å². The molecule has 0 saturated carbocycles. The van der Waals surface area contributed by atoms with E-state index in [1.807, 2.05) is 30.3 Å². The van der Waals surface area contributed by atoms with Crippen LogP contribution in [0.15, 0.2) is 78.9 Å². The van der Waals surface area contributed by atoms with Crippen molar-refractivity contribution in [3.8, 4) is 0 Å². The highest BCUT2D eigenvalue weighted by Gasteiger charge is 2.33. The third-order valence-corrected chi connectivity index (χ3v) is 7.48. The Morgan fingerprint density at radius 3 is 2.14 bits per heavy atom. The Kier molecular flexibility index (Phi) is 9.97. The lowest BCUT2D eigenvalue weighted by Crippen LogP contribution is -2.53. The van der Waals surface area contributed by atoms with Crippen LogP contribution >= 0.6 is 23.2 Å². The minimum Gasteiger partial charge on any atom is -0.355 e. The summed E-state index contributed by atoms with van der Waals surface area (Å²) >= 11 is 12.4. The van der Waals surface area contributed by atoms with Crippen molar-refractivity contribution in [1.29, 1.82) is 0 Å². The zero-order chi connectivity index (χ0) is 27.0. The van der Waals surface area contributed by atoms with E-state index in [0.29, 0.717) is 22.2 Å². The van der Waals surface area contributed by atoms with Crippen molar-refractivity contribution in [1.82, 2.24) is 10.2 Å². The number of benzene rings is 3. The maximum absolute atomic E-state index is 13.9. The smallest absolute Gasteiger partial charge is 0.244 e. The summed E-state index contributed by atoms with van der Waals surface area (Å²) in [4.78, 5) is 28.5. The standard InChI is InChI=1S/C27H29Cl2N3O4S/c1-3-30-27(34)25(17-20-9-5-4-6-10-20)31(18-21-11-7-8-12-24(21)29)26(33)19-32(37(2,35)36)23-15-13-22(28)14-16-23/h4-16,25H,3,17-19H2,1-2H3,(H,30,34)/t25-/m1/s1. The highest BCUT2D eigenvalue weighted by atomic mass is 35.5. The lowest BCUT2D eigenvalue weighted by molar-refractivity contribution is -0.140. The SMILES string of the molecule is CCNC(=O)[C@@H](Cc1ccccc1)N(Cc1ccccc1Cl)C(=O)CN(c1ccc(Cl)cc1)S(C)(=O)=O. The normalized spacial score (nSPS) is 12.0. The molecule has 1 N–H and O–H groups in total. The second-order valence-electron chi connectivity index (χ2n) is 8.46. The van der Waals surface area contributed by atoms with Gasteiger partial charge in [-0.05, 0) is 48.4 Å². The summed E-state index contributed by atoms with van der Waals surface area (Å²) in [5.41, 5.74) is 1.78. The van der Waals surface area contributed by atoms with Crippen molar-refractivity contribution >= 4 is 50.7 Å². The Hall–Kier alpha value is -3.07. The molecule has 0 fully saturated rings. The van der Waals surface area contributed by atoms with Crippen LogP contribution in [0.3, 0.4) is 0 Å². The summed E-state index contributed by atoms with van der Waals surface area (Å²) in [6.07, 6.45) is 1.27. The van der Waals surface area contributed by atoms with Gasteiger partial charge in [0.25, 0.3) is 0 Å². The molecule has 0 aliphatic heterocycles. The first kappa shape index (κ1) is 28.5. The molecule has 0 aromatic heterocycles. The number of nitrogens with zero attached hydrogens (tertiary/aromatic N) is 2. The molecule has 10 heteroatoms. The van der Waals surface area contributed by atoms with Crippen molar-refractivity contribution in [3.63, 3.8) is 0 Å². The molecule has 0 heterocycles. The molecule has 196 valence electrons. The van der Waals surface area contributed by atoms with Gasteiger partial charge in [-0.2, -0.15) is 0 Å². The van der Waals surface area contributed by atoms with Crippen LogP contribution in [-0.4, -0.2) is 50.5 Å². The van der Waals surface area contributed by atoms with Gasteiger partial charge >= 0.3 is 0 Å². The molecule has 3 aromatic rings. The molecule has 2 amide bonds. The number of sulfonamides is 1. The molecule has 3 rings (SSSR count). The minimum absolute atomic E-state index is 0.0192. The highest BCUT2D eigenvalue weighted by molar-refractivity contribution is 7.92. The Balaban J connectivity index is 2.04. The number of rotatable bonds is 11. The second-order valence-corrected chi connectivity index (χ2v) is 11.2. The molecule has 0 saturated heterocycles. The number of halogens is 2. The predicted molar refractivity (Wildman–Crippen MR) is 148 cm³/mol. The van der Waals surface area contributed by atoms with Gasteiger partial charge in [0, 0.05) is 29.6 Å². The van der Waals surface area contributed by atoms with Crippen LogP contribution in [0.2, 0.25) is 10.0 Å². The first-order chi connectivity index (χ1) is 17.6. The first-order valence-corrected chi connectivity index (χ1v) is 14.3. The topological polar surface area (TPSA) is 86.8 Å². The number of nitrogens with one attached hydrogen (secondary N) is 1. The van der Waals surface area contributed by atoms with E-state index in [0.717, 1.165) is 16.1 Å². The van der Waals surface area contributed by atoms with E-state index in [2.05, 4.69) is 5.32 Å². The molecule has 7 nitrogen and oxygen atoms in total. The maximum atomic E-state index is 13.9. The van der Waals surface area contributed by atoms with Gasteiger partial charge in [0.05, 0.1) is 11.9 Å². The highest BCUT2D eigenvalue weighted by Crippen LogP contribution is 2.24. The van der Waals surface area contributed by atoms with Crippen LogP contribution in [-0.2, 0) is 32.6 Å². The Bertz CT molecular complexity index is 1320. The molecule has 3 aromatic carbocycles. The summed E-state index contributed by atoms with van der Waals surface area (Å²) in [5, 5.41) is 3.68. The Labute approximate surface area is 228 Å². The second kappa shape index (κ2) is 12.9. The van der Waals surface area contributed by atoms with Crippen LogP contribution in [0.5, 0.6) is 0 Å². The predicted octanol–water partition coefficient (Wildman–Crippen LogP) is 4.54. The fraction of sp³-hybridized carbons (Fsp3) is 0.259. The maximum Gasteiger partial charge on any atom is 0.244 e. The summed E-state index contributed by atoms with van der Waals surface area (Å²) < 4.78 is 26.4. The number of amides is 2. The van der Waals surface area contributed by atoms with Crippen molar-refractivity contribution in [3.05, 3.63) is 100 Å². The number of likely N-dealkylation sites (N-methyl/N-ethyl adjacent to an activating group) is 1. The van der Waals surface area contributed by atoms with Crippen LogP contribution < -0.4 is 9.62 Å². The van der Waals surface area contributed by atoms with Gasteiger partial charge in [-0.1, -0.05) is 71.7 Å². The van der Waals surface area contributed by atoms with E-state index < -0.39 is 28.5 Å². The van der Waals surface area contributed by atoms with Crippen LogP contribution in [0.1, 0.15) is 18.1 Å². The molecule has 0 spiro atoms. The van der Waals surface area contributed by atoms with Gasteiger partial charge in [0.15, 0.2) is 0 Å². The van der Waals surface area contributed by atoms with Crippen molar-refractivity contribution in [2.24, 2.45) is 0 Å². The zero-order valence-corrected chi connectivity index (χ0v) is 22.9. The average Bonchev–Trinajstić information content (AvgIpc) is 2.86. The number of carbonyl (C=O) groups excluding carboxylic acids is 2. The molecule has 0 bridgehead atoms. The monoisotopic (exact) mass is 561 g/mol. The van der Waals surface area contributed by atoms with Crippen molar-refractivity contribution in [2.45, 2.75) is 25.9 Å². The molecule has 37 heavy (non-hydrogen) atoms. The summed E-state index contributed by atoms with van der Waals surface area (Å²) in [6, 6.07) is 21.6. The van der Waals surface area contributed by atoms with Crippen molar-refractivity contribution in [2.75, 3.05) is 23.7 Å². The van der Waals surface area contributed by atoms with E-state index in [1.165, 1.54) is 17.0 Å². The van der Waals surface area contributed by atoms with E-state index in [9.17, 15) is 18.0 Å². The van der Waals surface area contributed by atoms with Gasteiger partial charge in [0.2, 0.25) is 21.8 Å². The quantitative estimate of drug-likeness (QED) is 0.372. The molecule has 0 aliphatic rings. The van der Waals surface area contributed by atoms with Gasteiger partial charge in [-0.3, -0.25) is 13.9 Å². The average molecular weight is 563 g/mol. The lowest BCUT2D eigenvalue weighted by Gasteiger charge is -2.33. The van der Waals surface area contributed by atoms with Gasteiger partial charge < -0.3 is 10.2 Å². The molecular weight excluding hydrogens is 533 g/mol. The fourth-order valence-corrected chi connectivity index (χ4v) is 5.05. The molecule has 0 aliphatic carbocycles. The minimum atomic E-state index is -3.84. The van der Waals surface area contributed by atoms with Crippen LogP contribution in [0, 0.1) is 0 Å². The number of carbonyl (C=O) groups is 2. The van der Waals surface area contributed by atoms with Crippen LogP contribution in [0.4, 0.5) is 5.69 Å². The Morgan fingerprint density at radius 1 is 0.919 bits per heavy atom. The summed E-state index contributed by atoms with van der Waals surface area (Å²) in [6.45, 7) is 1.68. The molecule has 0 unspecified atom stereocenters. The molecular formula is C27H29Cl2N3O4S. The van der Waals surface area contributed by atoms with Gasteiger partial charge in [-0.25, -0.2) is 8.42 Å².